The second-order valence-electron chi connectivity index (χ2n) is 11.1. The minimum Gasteiger partial charge on any atom is -0.465 e. The summed E-state index contributed by atoms with van der Waals surface area (Å²) in [7, 11) is 0. The summed E-state index contributed by atoms with van der Waals surface area (Å²) in [4.78, 5) is 44.9. The lowest BCUT2D eigenvalue weighted by Crippen LogP contribution is -2.59. The maximum Gasteiger partial charge on any atom is 0.312 e. The number of carbonyl (C=O) groups excluding carboxylic acids is 3. The average molecular weight is 519 g/mol. The summed E-state index contributed by atoms with van der Waals surface area (Å²) in [5, 5.41) is 10.4. The molecule has 6 atom stereocenters. The molecule has 37 heavy (non-hydrogen) atoms. The normalized spacial score (nSPS) is 28.9. The molecule has 3 aliphatic heterocycles. The molecule has 2 amide bonds. The number of fused-ring (bicyclic) bond motifs is 1. The molecule has 1 N–H and O–H groups in total. The van der Waals surface area contributed by atoms with Crippen molar-refractivity contribution in [1.29, 1.82) is 0 Å². The molecule has 3 heterocycles. The molecule has 0 saturated carbocycles. The number of nitrogens with zero attached hydrogens (tertiary/aromatic N) is 2. The number of rotatable bonds is 16. The highest BCUT2D eigenvalue weighted by Gasteiger charge is 2.75. The second kappa shape index (κ2) is 13.1. The first kappa shape index (κ1) is 29.4. The Balaban J connectivity index is 1.98. The van der Waals surface area contributed by atoms with Gasteiger partial charge in [-0.1, -0.05) is 45.8 Å². The number of unbranched alkanes of at least 4 members (excludes halogenated alkanes) is 3. The molecule has 0 aromatic heterocycles. The molecule has 8 nitrogen and oxygen atoms in total. The second-order valence-corrected chi connectivity index (χ2v) is 11.1. The van der Waals surface area contributed by atoms with E-state index in [1.54, 1.807) is 22.0 Å². The van der Waals surface area contributed by atoms with Gasteiger partial charge in [0.15, 0.2) is 0 Å². The standard InChI is InChI=1S/C29H46N2O6/c1-6-9-11-16-30(15-8-3)27(34)25-29-14-13-22(37-29)23(28(35)36-17-12-10-7-2)24(29)26(33)31(25)21(19-32)18-20(4)5/h7-8,20-25,32H,2-3,6,9-19H2,1,4-5H3/t21-,22-,23+,24+,25?,29?/m1/s1. The summed E-state index contributed by atoms with van der Waals surface area (Å²) in [5.41, 5.74) is -1.09. The molecule has 1 spiro atoms. The molecule has 0 aromatic carbocycles. The fourth-order valence-electron chi connectivity index (χ4n) is 6.52. The highest BCUT2D eigenvalue weighted by Crippen LogP contribution is 2.59. The van der Waals surface area contributed by atoms with Gasteiger partial charge in [0.05, 0.1) is 37.2 Å². The van der Waals surface area contributed by atoms with Crippen LogP contribution in [0.2, 0.25) is 0 Å². The van der Waals surface area contributed by atoms with E-state index in [1.807, 2.05) is 13.8 Å². The third kappa shape index (κ3) is 5.80. The molecule has 2 bridgehead atoms. The van der Waals surface area contributed by atoms with Gasteiger partial charge >= 0.3 is 5.97 Å². The molecule has 8 heteroatoms. The molecule has 3 saturated heterocycles. The van der Waals surface area contributed by atoms with E-state index < -0.39 is 41.6 Å². The molecule has 0 radical (unpaired) electrons. The predicted octanol–water partition coefficient (Wildman–Crippen LogP) is 3.48. The first-order chi connectivity index (χ1) is 17.8. The van der Waals surface area contributed by atoms with Gasteiger partial charge < -0.3 is 24.4 Å². The van der Waals surface area contributed by atoms with Crippen LogP contribution in [0.25, 0.3) is 0 Å². The van der Waals surface area contributed by atoms with E-state index in [4.69, 9.17) is 9.47 Å². The Bertz CT molecular complexity index is 844. The lowest BCUT2D eigenvalue weighted by Gasteiger charge is -2.39. The van der Waals surface area contributed by atoms with Crippen molar-refractivity contribution in [2.45, 2.75) is 95.9 Å². The number of aliphatic hydroxyl groups excluding tert-OH is 1. The number of allylic oxidation sites excluding steroid dienone is 1. The van der Waals surface area contributed by atoms with Gasteiger partial charge in [-0.3, -0.25) is 14.4 Å². The van der Waals surface area contributed by atoms with Crippen molar-refractivity contribution in [1.82, 2.24) is 9.80 Å². The highest BCUT2D eigenvalue weighted by molar-refractivity contribution is 5.98. The van der Waals surface area contributed by atoms with Crippen LogP contribution >= 0.6 is 0 Å². The summed E-state index contributed by atoms with van der Waals surface area (Å²) in [6.45, 7) is 14.6. The van der Waals surface area contributed by atoms with Crippen LogP contribution in [0.4, 0.5) is 0 Å². The third-order valence-corrected chi connectivity index (χ3v) is 8.08. The van der Waals surface area contributed by atoms with E-state index in [-0.39, 0.29) is 30.9 Å². The van der Waals surface area contributed by atoms with Crippen molar-refractivity contribution in [2.75, 3.05) is 26.3 Å². The molecule has 3 fully saturated rings. The van der Waals surface area contributed by atoms with Crippen LogP contribution < -0.4 is 0 Å². The predicted molar refractivity (Wildman–Crippen MR) is 141 cm³/mol. The minimum absolute atomic E-state index is 0.185. The summed E-state index contributed by atoms with van der Waals surface area (Å²) in [5.74, 6) is -2.21. The smallest absolute Gasteiger partial charge is 0.312 e. The zero-order valence-corrected chi connectivity index (χ0v) is 22.9. The van der Waals surface area contributed by atoms with Gasteiger partial charge in [0, 0.05) is 13.1 Å². The molecule has 0 aromatic rings. The average Bonchev–Trinajstić information content (AvgIpc) is 3.51. The van der Waals surface area contributed by atoms with Gasteiger partial charge in [0.2, 0.25) is 11.8 Å². The van der Waals surface area contributed by atoms with Crippen LogP contribution in [0, 0.1) is 17.8 Å². The minimum atomic E-state index is -1.09. The Hall–Kier alpha value is -2.19. The van der Waals surface area contributed by atoms with Gasteiger partial charge in [-0.15, -0.1) is 13.2 Å². The Morgan fingerprint density at radius 2 is 2.03 bits per heavy atom. The van der Waals surface area contributed by atoms with Gasteiger partial charge in [0.25, 0.3) is 0 Å². The van der Waals surface area contributed by atoms with Gasteiger partial charge in [-0.25, -0.2) is 0 Å². The van der Waals surface area contributed by atoms with E-state index in [2.05, 4.69) is 20.1 Å². The molecule has 208 valence electrons. The lowest BCUT2D eigenvalue weighted by molar-refractivity contribution is -0.156. The number of aliphatic hydroxyl groups is 1. The topological polar surface area (TPSA) is 96.4 Å². The van der Waals surface area contributed by atoms with E-state index in [1.165, 1.54) is 0 Å². The van der Waals surface area contributed by atoms with E-state index in [0.29, 0.717) is 38.8 Å². The van der Waals surface area contributed by atoms with Crippen molar-refractivity contribution < 1.29 is 29.0 Å². The van der Waals surface area contributed by atoms with Crippen molar-refractivity contribution in [3.63, 3.8) is 0 Å². The summed E-state index contributed by atoms with van der Waals surface area (Å²) in [6.07, 6.45) is 8.98. The maximum atomic E-state index is 14.2. The van der Waals surface area contributed by atoms with E-state index in [0.717, 1.165) is 25.7 Å². The van der Waals surface area contributed by atoms with Crippen LogP contribution in [0.3, 0.4) is 0 Å². The summed E-state index contributed by atoms with van der Waals surface area (Å²) < 4.78 is 12.1. The van der Waals surface area contributed by atoms with Crippen molar-refractivity contribution in [3.8, 4) is 0 Å². The van der Waals surface area contributed by atoms with Crippen LogP contribution in [-0.2, 0) is 23.9 Å². The SMILES string of the molecule is C=CCCCOC(=O)[C@@H]1[C@H]2C(=O)N([C@@H](CO)CC(C)C)C(C(=O)N(CC=C)CCCCC)C23CC[C@H]1O3. The largest absolute Gasteiger partial charge is 0.465 e. The van der Waals surface area contributed by atoms with Gasteiger partial charge in [0.1, 0.15) is 11.6 Å². The number of carbonyl (C=O) groups is 3. The Morgan fingerprint density at radius 3 is 2.65 bits per heavy atom. The fraction of sp³-hybridized carbons (Fsp3) is 0.759. The van der Waals surface area contributed by atoms with Gasteiger partial charge in [-0.05, 0) is 44.4 Å². The number of likely N-dealkylation sites (tertiary alicyclic amines) is 1. The maximum absolute atomic E-state index is 14.2. The zero-order valence-electron chi connectivity index (χ0n) is 22.9. The summed E-state index contributed by atoms with van der Waals surface area (Å²) in [6, 6.07) is -1.42. The highest BCUT2D eigenvalue weighted by atomic mass is 16.6. The zero-order chi connectivity index (χ0) is 27.2. The molecular formula is C29H46N2O6. The van der Waals surface area contributed by atoms with Crippen LogP contribution in [0.1, 0.15) is 72.1 Å². The number of amides is 2. The number of hydrogen-bond acceptors (Lipinski definition) is 6. The molecule has 3 aliphatic rings. The molecule has 2 unspecified atom stereocenters. The Morgan fingerprint density at radius 1 is 1.27 bits per heavy atom. The van der Waals surface area contributed by atoms with Crippen molar-refractivity contribution in [3.05, 3.63) is 25.3 Å². The lowest BCUT2D eigenvalue weighted by atomic mass is 9.70. The quantitative estimate of drug-likeness (QED) is 0.191. The summed E-state index contributed by atoms with van der Waals surface area (Å²) >= 11 is 0. The van der Waals surface area contributed by atoms with Crippen molar-refractivity contribution in [2.24, 2.45) is 17.8 Å². The van der Waals surface area contributed by atoms with Crippen LogP contribution in [-0.4, -0.2) is 82.8 Å². The van der Waals surface area contributed by atoms with Crippen molar-refractivity contribution >= 4 is 17.8 Å². The first-order valence-corrected chi connectivity index (χ1v) is 14.0. The third-order valence-electron chi connectivity index (χ3n) is 8.08. The number of ether oxygens (including phenoxy) is 2. The monoisotopic (exact) mass is 518 g/mol. The Kier molecular flexibility index (Phi) is 10.4. The Labute approximate surface area is 222 Å². The number of hydrogen-bond donors (Lipinski definition) is 1. The van der Waals surface area contributed by atoms with Crippen LogP contribution in [0.15, 0.2) is 25.3 Å². The van der Waals surface area contributed by atoms with Crippen LogP contribution in [0.5, 0.6) is 0 Å². The first-order valence-electron chi connectivity index (χ1n) is 14.0. The van der Waals surface area contributed by atoms with E-state index in [9.17, 15) is 19.5 Å². The molecule has 3 rings (SSSR count). The van der Waals surface area contributed by atoms with E-state index >= 15 is 0 Å². The molecular weight excluding hydrogens is 472 g/mol. The fourth-order valence-corrected chi connectivity index (χ4v) is 6.52. The number of esters is 1. The molecule has 0 aliphatic carbocycles. The van der Waals surface area contributed by atoms with Gasteiger partial charge in [-0.2, -0.15) is 0 Å².